The van der Waals surface area contributed by atoms with Crippen LogP contribution in [0.3, 0.4) is 0 Å². The van der Waals surface area contributed by atoms with E-state index in [4.69, 9.17) is 9.47 Å². The molecule has 292 valence electrons. The van der Waals surface area contributed by atoms with Crippen LogP contribution in [0.1, 0.15) is 94.0 Å². The number of nitrogens with one attached hydrogen (secondary N) is 2. The van der Waals surface area contributed by atoms with E-state index in [9.17, 15) is 24.6 Å². The molecule has 4 N–H and O–H groups in total. The van der Waals surface area contributed by atoms with Gasteiger partial charge in [-0.05, 0) is 97.0 Å². The molecule has 2 aromatic carbocycles. The van der Waals surface area contributed by atoms with Crippen LogP contribution in [0, 0.1) is 5.92 Å². The molecule has 2 aliphatic heterocycles. The largest absolute Gasteiger partial charge is 0.504 e. The zero-order chi connectivity index (χ0) is 39.1. The lowest BCUT2D eigenvalue weighted by Crippen LogP contribution is -2.35. The first-order valence-corrected chi connectivity index (χ1v) is 19.4. The third kappa shape index (κ3) is 9.51. The number of aromatic hydroxyl groups is 1. The number of carbonyl (C=O) groups is 3. The number of aryl methyl sites for hydroxylation is 1. The first-order valence-electron chi connectivity index (χ1n) is 19.4. The minimum absolute atomic E-state index is 0.0160. The summed E-state index contributed by atoms with van der Waals surface area (Å²) in [6.45, 7) is 6.06. The Morgan fingerprint density at radius 2 is 1.78 bits per heavy atom. The Balaban J connectivity index is 1.50. The molecular formula is C44H54N4O7. The molecule has 2 aliphatic rings. The zero-order valence-electron chi connectivity index (χ0n) is 32.4. The molecule has 0 spiro atoms. The van der Waals surface area contributed by atoms with Crippen molar-refractivity contribution in [3.8, 4) is 11.5 Å². The summed E-state index contributed by atoms with van der Waals surface area (Å²) in [6, 6.07) is 8.45. The summed E-state index contributed by atoms with van der Waals surface area (Å²) in [5, 5.41) is 26.2. The van der Waals surface area contributed by atoms with Crippen molar-refractivity contribution in [2.45, 2.75) is 97.3 Å². The minimum Gasteiger partial charge on any atom is -0.504 e. The van der Waals surface area contributed by atoms with E-state index in [1.54, 1.807) is 25.1 Å². The molecule has 0 amide bonds. The Bertz CT molecular complexity index is 2070. The van der Waals surface area contributed by atoms with Gasteiger partial charge in [0.25, 0.3) is 0 Å². The number of aliphatic hydroxyl groups is 1. The number of nitrogens with zero attached hydrogens (tertiary/aromatic N) is 2. The van der Waals surface area contributed by atoms with Crippen molar-refractivity contribution in [1.82, 2.24) is 14.9 Å². The van der Waals surface area contributed by atoms with Gasteiger partial charge in [-0.25, -0.2) is 0 Å². The number of aromatic amines is 1. The average Bonchev–Trinajstić information content (AvgIpc) is 3.82. The first kappa shape index (κ1) is 39.4. The summed E-state index contributed by atoms with van der Waals surface area (Å²) in [7, 11) is 1.48. The van der Waals surface area contributed by atoms with Crippen LogP contribution in [0.2, 0.25) is 0 Å². The number of allylic oxidation sites excluding steroid dienone is 2. The van der Waals surface area contributed by atoms with Gasteiger partial charge in [-0.1, -0.05) is 31.6 Å². The third-order valence-corrected chi connectivity index (χ3v) is 11.1. The highest BCUT2D eigenvalue weighted by atomic mass is 16.5. The van der Waals surface area contributed by atoms with Crippen LogP contribution in [-0.2, 0) is 38.6 Å². The maximum Gasteiger partial charge on any atom is 0.302 e. The second kappa shape index (κ2) is 17.9. The SMILES string of the molecule is CC[C@H]1CC[C@@H](OC(C)=O)CC(=O)C[C@H](c2ccc(O)c(OC)c2)n2cc3c(CO)ccc(c3c2)N(CCC(C)=O)C2=CC(=CCN2)CCc2c[nH]cc2C1. The van der Waals surface area contributed by atoms with Crippen LogP contribution < -0.4 is 15.0 Å². The number of hydrogen-bond donors (Lipinski definition) is 4. The Hall–Kier alpha value is -5.29. The summed E-state index contributed by atoms with van der Waals surface area (Å²) >= 11 is 0. The second-order valence-corrected chi connectivity index (χ2v) is 14.9. The van der Waals surface area contributed by atoms with Gasteiger partial charge in [0, 0.05) is 74.8 Å². The van der Waals surface area contributed by atoms with Crippen molar-refractivity contribution in [2.24, 2.45) is 5.92 Å². The standard InChI is InChI=1S/C44H54N4O7/c1-5-30-7-11-37(55-29(3)51)21-36(52)22-41(32-10-13-42(53)43(20-32)54-4)47-25-38-34(27-49)9-12-40(39(38)26-47)48(17-15-28(2)50)44-19-31(14-16-46-44)6-8-33-23-45-24-35(33)18-30/h9-10,12-14,19-20,23-26,30,37,41,45-46,49,53H,5-8,11,15-18,21-22,27H2,1-4H3/t30-,37+,41+/m0/s1. The number of phenolic OH excluding ortho intramolecular Hbond substituents is 1. The van der Waals surface area contributed by atoms with Crippen LogP contribution in [0.25, 0.3) is 10.8 Å². The lowest BCUT2D eigenvalue weighted by atomic mass is 9.89. The molecule has 4 heterocycles. The van der Waals surface area contributed by atoms with E-state index >= 15 is 0 Å². The predicted molar refractivity (Wildman–Crippen MR) is 213 cm³/mol. The molecule has 0 fully saturated rings. The number of aromatic nitrogens is 2. The summed E-state index contributed by atoms with van der Waals surface area (Å²) < 4.78 is 13.2. The van der Waals surface area contributed by atoms with Gasteiger partial charge in [0.05, 0.1) is 25.4 Å². The summed E-state index contributed by atoms with van der Waals surface area (Å²) in [4.78, 5) is 44.3. The number of carbonyl (C=O) groups excluding carboxylic acids is 3. The molecule has 11 nitrogen and oxygen atoms in total. The molecule has 55 heavy (non-hydrogen) atoms. The fourth-order valence-corrected chi connectivity index (χ4v) is 8.01. The van der Waals surface area contributed by atoms with Crippen molar-refractivity contribution in [2.75, 3.05) is 25.1 Å². The smallest absolute Gasteiger partial charge is 0.302 e. The summed E-state index contributed by atoms with van der Waals surface area (Å²) in [5.74, 6) is 1.09. The lowest BCUT2D eigenvalue weighted by Gasteiger charge is -2.31. The number of rotatable bonds is 8. The quantitative estimate of drug-likeness (QED) is 0.137. The number of anilines is 1. The second-order valence-electron chi connectivity index (χ2n) is 14.9. The monoisotopic (exact) mass is 750 g/mol. The fraction of sp³-hybridized carbons (Fsp3) is 0.432. The van der Waals surface area contributed by atoms with E-state index in [-0.39, 0.29) is 42.5 Å². The number of benzene rings is 2. The fourth-order valence-electron chi connectivity index (χ4n) is 8.01. The molecule has 6 rings (SSSR count). The van der Waals surface area contributed by atoms with Crippen LogP contribution >= 0.6 is 0 Å². The van der Waals surface area contributed by atoms with Gasteiger partial charge in [0.1, 0.15) is 23.5 Å². The normalized spacial score (nSPS) is 19.8. The lowest BCUT2D eigenvalue weighted by molar-refractivity contribution is -0.148. The number of ether oxygens (including phenoxy) is 2. The summed E-state index contributed by atoms with van der Waals surface area (Å²) in [6.07, 6.45) is 17.4. The van der Waals surface area contributed by atoms with Gasteiger partial charge in [-0.15, -0.1) is 0 Å². The van der Waals surface area contributed by atoms with Crippen molar-refractivity contribution in [1.29, 1.82) is 0 Å². The first-order chi connectivity index (χ1) is 26.6. The molecule has 2 aromatic heterocycles. The molecular weight excluding hydrogens is 697 g/mol. The van der Waals surface area contributed by atoms with Crippen molar-refractivity contribution in [3.05, 3.63) is 101 Å². The maximum absolute atomic E-state index is 14.2. The van der Waals surface area contributed by atoms with E-state index in [1.165, 1.54) is 30.7 Å². The number of hydrogen-bond acceptors (Lipinski definition) is 9. The van der Waals surface area contributed by atoms with E-state index in [2.05, 4.69) is 46.7 Å². The molecule has 11 heteroatoms. The number of H-pyrrole nitrogens is 1. The van der Waals surface area contributed by atoms with Crippen LogP contribution in [0.15, 0.2) is 78.7 Å². The van der Waals surface area contributed by atoms with Gasteiger partial charge < -0.3 is 39.5 Å². The predicted octanol–water partition coefficient (Wildman–Crippen LogP) is 7.20. The number of phenols is 1. The number of dihydropyridines is 1. The number of ketones is 2. The highest BCUT2D eigenvalue weighted by Gasteiger charge is 2.27. The number of methoxy groups -OCH3 is 1. The molecule has 4 aromatic rings. The van der Waals surface area contributed by atoms with E-state index in [0.717, 1.165) is 65.5 Å². The number of esters is 1. The zero-order valence-corrected chi connectivity index (χ0v) is 32.4. The Kier molecular flexibility index (Phi) is 12.8. The van der Waals surface area contributed by atoms with Crippen LogP contribution in [0.4, 0.5) is 5.69 Å². The number of Topliss-reactive ketones (excluding diaryl/α,β-unsaturated/α-hetero) is 2. The Labute approximate surface area is 323 Å². The van der Waals surface area contributed by atoms with Crippen LogP contribution in [0.5, 0.6) is 11.5 Å². The number of aliphatic hydroxyl groups excluding tert-OH is 1. The van der Waals surface area contributed by atoms with Gasteiger partial charge in [-0.3, -0.25) is 14.4 Å². The maximum atomic E-state index is 14.2. The molecule has 0 aliphatic carbocycles. The molecule has 0 radical (unpaired) electrons. The summed E-state index contributed by atoms with van der Waals surface area (Å²) in [5.41, 5.74) is 6.09. The highest BCUT2D eigenvalue weighted by Crippen LogP contribution is 2.38. The Morgan fingerprint density at radius 3 is 2.53 bits per heavy atom. The molecule has 0 saturated heterocycles. The van der Waals surface area contributed by atoms with Crippen molar-refractivity contribution in [3.63, 3.8) is 0 Å². The Morgan fingerprint density at radius 1 is 0.982 bits per heavy atom. The van der Waals surface area contributed by atoms with Crippen molar-refractivity contribution >= 4 is 34.0 Å². The third-order valence-electron chi connectivity index (χ3n) is 11.1. The van der Waals surface area contributed by atoms with E-state index in [0.29, 0.717) is 31.8 Å². The highest BCUT2D eigenvalue weighted by molar-refractivity contribution is 5.97. The topological polar surface area (TPSA) is 146 Å². The molecule has 4 bridgehead atoms. The average molecular weight is 751 g/mol. The molecule has 0 saturated carbocycles. The van der Waals surface area contributed by atoms with Crippen LogP contribution in [-0.4, -0.2) is 63.6 Å². The van der Waals surface area contributed by atoms with E-state index in [1.807, 2.05) is 29.1 Å². The number of fused-ring (bicyclic) bond motifs is 3. The van der Waals surface area contributed by atoms with E-state index < -0.39 is 18.1 Å². The van der Waals surface area contributed by atoms with Crippen molar-refractivity contribution < 1.29 is 34.1 Å². The van der Waals surface area contributed by atoms with Gasteiger partial charge >= 0.3 is 5.97 Å². The molecule has 3 atom stereocenters. The molecule has 0 unspecified atom stereocenters. The van der Waals surface area contributed by atoms with Gasteiger partial charge in [0.2, 0.25) is 0 Å². The van der Waals surface area contributed by atoms with Gasteiger partial charge in [-0.2, -0.15) is 0 Å². The van der Waals surface area contributed by atoms with Gasteiger partial charge in [0.15, 0.2) is 11.5 Å². The minimum atomic E-state index is -0.564.